The van der Waals surface area contributed by atoms with Gasteiger partial charge in [0.05, 0.1) is 5.52 Å². The van der Waals surface area contributed by atoms with E-state index in [1.807, 2.05) is 12.1 Å². The van der Waals surface area contributed by atoms with Gasteiger partial charge in [0.1, 0.15) is 5.82 Å². The van der Waals surface area contributed by atoms with Crippen LogP contribution in [-0.4, -0.2) is 29.1 Å². The molecule has 1 N–H and O–H groups in total. The van der Waals surface area contributed by atoms with Crippen molar-refractivity contribution in [2.75, 3.05) is 23.3 Å². The Bertz CT molecular complexity index is 573. The molecule has 2 heterocycles. The number of hydrogen-bond acceptors (Lipinski definition) is 4. The van der Waals surface area contributed by atoms with Gasteiger partial charge in [0.15, 0.2) is 0 Å². The summed E-state index contributed by atoms with van der Waals surface area (Å²) in [6.07, 6.45) is 2.48. The average molecular weight is 256 g/mol. The fraction of sp³-hybridized carbons (Fsp3) is 0.467. The second-order valence-corrected chi connectivity index (χ2v) is 5.38. The molecule has 2 aromatic rings. The highest BCUT2D eigenvalue weighted by Gasteiger charge is 2.17. The summed E-state index contributed by atoms with van der Waals surface area (Å²) in [6.45, 7) is 6.40. The third kappa shape index (κ3) is 2.48. The fourth-order valence-corrected chi connectivity index (χ4v) is 2.51. The molecule has 0 radical (unpaired) electrons. The maximum Gasteiger partial charge on any atom is 0.227 e. The first-order valence-electron chi connectivity index (χ1n) is 7.02. The van der Waals surface area contributed by atoms with Crippen LogP contribution in [0.1, 0.15) is 26.7 Å². The van der Waals surface area contributed by atoms with Crippen molar-refractivity contribution < 1.29 is 0 Å². The number of nitrogens with zero attached hydrogens (tertiary/aromatic N) is 3. The number of para-hydroxylation sites is 1. The summed E-state index contributed by atoms with van der Waals surface area (Å²) in [5, 5.41) is 4.53. The second kappa shape index (κ2) is 5.03. The summed E-state index contributed by atoms with van der Waals surface area (Å²) < 4.78 is 0. The van der Waals surface area contributed by atoms with E-state index < -0.39 is 0 Å². The average Bonchev–Trinajstić information content (AvgIpc) is 2.92. The van der Waals surface area contributed by atoms with E-state index in [0.29, 0.717) is 6.04 Å². The molecule has 1 aromatic heterocycles. The van der Waals surface area contributed by atoms with Crippen molar-refractivity contribution in [1.29, 1.82) is 0 Å². The van der Waals surface area contributed by atoms with Gasteiger partial charge in [0.25, 0.3) is 0 Å². The van der Waals surface area contributed by atoms with Gasteiger partial charge in [-0.25, -0.2) is 4.98 Å². The predicted octanol–water partition coefficient (Wildman–Crippen LogP) is 3.05. The number of fused-ring (bicyclic) bond motifs is 1. The highest BCUT2D eigenvalue weighted by Crippen LogP contribution is 2.25. The van der Waals surface area contributed by atoms with Crippen molar-refractivity contribution in [3.63, 3.8) is 0 Å². The summed E-state index contributed by atoms with van der Waals surface area (Å²) in [6, 6.07) is 8.56. The molecule has 1 aliphatic rings. The van der Waals surface area contributed by atoms with Gasteiger partial charge >= 0.3 is 0 Å². The smallest absolute Gasteiger partial charge is 0.227 e. The fourth-order valence-electron chi connectivity index (χ4n) is 2.51. The Balaban J connectivity index is 2.08. The van der Waals surface area contributed by atoms with Gasteiger partial charge in [-0.05, 0) is 38.8 Å². The van der Waals surface area contributed by atoms with Crippen LogP contribution < -0.4 is 10.2 Å². The summed E-state index contributed by atoms with van der Waals surface area (Å²) in [5.41, 5.74) is 1.02. The van der Waals surface area contributed by atoms with Crippen LogP contribution in [-0.2, 0) is 0 Å². The zero-order chi connectivity index (χ0) is 13.2. The molecule has 1 saturated heterocycles. The van der Waals surface area contributed by atoms with Crippen molar-refractivity contribution in [3.05, 3.63) is 24.3 Å². The molecule has 0 unspecified atom stereocenters. The maximum atomic E-state index is 4.73. The van der Waals surface area contributed by atoms with Gasteiger partial charge in [0.2, 0.25) is 5.95 Å². The van der Waals surface area contributed by atoms with Crippen LogP contribution >= 0.6 is 0 Å². The van der Waals surface area contributed by atoms with Gasteiger partial charge in [0, 0.05) is 24.5 Å². The molecule has 0 amide bonds. The van der Waals surface area contributed by atoms with Gasteiger partial charge in [-0.1, -0.05) is 12.1 Å². The van der Waals surface area contributed by atoms with Crippen LogP contribution in [0, 0.1) is 0 Å². The van der Waals surface area contributed by atoms with Crippen molar-refractivity contribution in [2.45, 2.75) is 32.7 Å². The van der Waals surface area contributed by atoms with E-state index in [9.17, 15) is 0 Å². The topological polar surface area (TPSA) is 41.1 Å². The van der Waals surface area contributed by atoms with Gasteiger partial charge < -0.3 is 10.2 Å². The van der Waals surface area contributed by atoms with Crippen molar-refractivity contribution in [2.24, 2.45) is 0 Å². The molecule has 0 spiro atoms. The highest BCUT2D eigenvalue weighted by atomic mass is 15.3. The molecular formula is C15H20N4. The molecule has 1 fully saturated rings. The lowest BCUT2D eigenvalue weighted by Gasteiger charge is -2.18. The monoisotopic (exact) mass is 256 g/mol. The van der Waals surface area contributed by atoms with Crippen molar-refractivity contribution >= 4 is 22.7 Å². The Hall–Kier alpha value is -1.84. The Morgan fingerprint density at radius 1 is 1.11 bits per heavy atom. The summed E-state index contributed by atoms with van der Waals surface area (Å²) >= 11 is 0. The summed E-state index contributed by atoms with van der Waals surface area (Å²) in [5.74, 6) is 1.81. The molecule has 3 rings (SSSR count). The van der Waals surface area contributed by atoms with E-state index >= 15 is 0 Å². The second-order valence-electron chi connectivity index (χ2n) is 5.38. The van der Waals surface area contributed by atoms with Crippen LogP contribution in [0.15, 0.2) is 24.3 Å². The normalized spacial score (nSPS) is 15.4. The zero-order valence-corrected chi connectivity index (χ0v) is 11.6. The number of aromatic nitrogens is 2. The molecule has 0 saturated carbocycles. The van der Waals surface area contributed by atoms with E-state index in [2.05, 4.69) is 36.2 Å². The van der Waals surface area contributed by atoms with Crippen LogP contribution in [0.3, 0.4) is 0 Å². The van der Waals surface area contributed by atoms with Crippen molar-refractivity contribution in [3.8, 4) is 0 Å². The first kappa shape index (κ1) is 12.2. The molecule has 1 aromatic carbocycles. The lowest BCUT2D eigenvalue weighted by molar-refractivity contribution is 0.873. The lowest BCUT2D eigenvalue weighted by Crippen LogP contribution is -2.21. The molecule has 100 valence electrons. The lowest BCUT2D eigenvalue weighted by atomic mass is 10.2. The van der Waals surface area contributed by atoms with Crippen LogP contribution in [0.5, 0.6) is 0 Å². The third-order valence-electron chi connectivity index (χ3n) is 3.41. The number of nitrogens with one attached hydrogen (secondary N) is 1. The molecule has 0 bridgehead atoms. The summed E-state index contributed by atoms with van der Waals surface area (Å²) in [7, 11) is 0. The van der Waals surface area contributed by atoms with E-state index in [1.54, 1.807) is 0 Å². The minimum Gasteiger partial charge on any atom is -0.367 e. The Kier molecular flexibility index (Phi) is 3.23. The van der Waals surface area contributed by atoms with Crippen LogP contribution in [0.25, 0.3) is 10.9 Å². The maximum absolute atomic E-state index is 4.73. The number of rotatable bonds is 3. The first-order chi connectivity index (χ1) is 9.24. The van der Waals surface area contributed by atoms with E-state index in [-0.39, 0.29) is 0 Å². The Morgan fingerprint density at radius 2 is 1.84 bits per heavy atom. The largest absolute Gasteiger partial charge is 0.367 e. The Morgan fingerprint density at radius 3 is 2.58 bits per heavy atom. The molecular weight excluding hydrogens is 236 g/mol. The third-order valence-corrected chi connectivity index (χ3v) is 3.41. The minimum atomic E-state index is 0.365. The van der Waals surface area contributed by atoms with Crippen LogP contribution in [0.2, 0.25) is 0 Å². The molecule has 4 heteroatoms. The summed E-state index contributed by atoms with van der Waals surface area (Å²) in [4.78, 5) is 11.7. The molecule has 4 nitrogen and oxygen atoms in total. The van der Waals surface area contributed by atoms with E-state index in [0.717, 1.165) is 35.8 Å². The quantitative estimate of drug-likeness (QED) is 0.916. The molecule has 19 heavy (non-hydrogen) atoms. The predicted molar refractivity (Wildman–Crippen MR) is 79.7 cm³/mol. The molecule has 1 aliphatic heterocycles. The first-order valence-corrected chi connectivity index (χ1v) is 7.02. The van der Waals surface area contributed by atoms with Crippen LogP contribution in [0.4, 0.5) is 11.8 Å². The molecule has 0 atom stereocenters. The number of benzene rings is 1. The zero-order valence-electron chi connectivity index (χ0n) is 11.6. The van der Waals surface area contributed by atoms with Gasteiger partial charge in [-0.3, -0.25) is 0 Å². The Labute approximate surface area is 113 Å². The van der Waals surface area contributed by atoms with Crippen molar-refractivity contribution in [1.82, 2.24) is 9.97 Å². The SMILES string of the molecule is CC(C)Nc1nc(N2CCCC2)nc2ccccc12. The minimum absolute atomic E-state index is 0.365. The molecule has 0 aliphatic carbocycles. The van der Waals surface area contributed by atoms with E-state index in [1.165, 1.54) is 12.8 Å². The number of anilines is 2. The standard InChI is InChI=1S/C15H20N4/c1-11(2)16-14-12-7-3-4-8-13(12)17-15(18-14)19-9-5-6-10-19/h3-4,7-8,11H,5-6,9-10H2,1-2H3,(H,16,17,18). The van der Waals surface area contributed by atoms with Gasteiger partial charge in [-0.2, -0.15) is 4.98 Å². The number of hydrogen-bond donors (Lipinski definition) is 1. The van der Waals surface area contributed by atoms with Gasteiger partial charge in [-0.15, -0.1) is 0 Å². The highest BCUT2D eigenvalue weighted by molar-refractivity contribution is 5.90. The van der Waals surface area contributed by atoms with E-state index in [4.69, 9.17) is 9.97 Å².